The molecule has 1 fully saturated rings. The molecule has 0 unspecified atom stereocenters. The molecule has 0 saturated heterocycles. The van der Waals surface area contributed by atoms with Gasteiger partial charge in [-0.05, 0) is 43.1 Å². The van der Waals surface area contributed by atoms with Crippen LogP contribution in [0.25, 0.3) is 0 Å². The highest BCUT2D eigenvalue weighted by Crippen LogP contribution is 2.19. The summed E-state index contributed by atoms with van der Waals surface area (Å²) < 4.78 is 0. The minimum Gasteiger partial charge on any atom is -0.310 e. The number of nitrogens with one attached hydrogen (secondary N) is 1. The fourth-order valence-electron chi connectivity index (χ4n) is 2.34. The van der Waals surface area contributed by atoms with Gasteiger partial charge in [0.05, 0.1) is 5.69 Å². The molecule has 4 heteroatoms. The van der Waals surface area contributed by atoms with E-state index >= 15 is 0 Å². The van der Waals surface area contributed by atoms with Crippen LogP contribution in [0.3, 0.4) is 0 Å². The van der Waals surface area contributed by atoms with Gasteiger partial charge in [0, 0.05) is 44.3 Å². The van der Waals surface area contributed by atoms with Crippen molar-refractivity contribution >= 4 is 0 Å². The van der Waals surface area contributed by atoms with E-state index in [0.29, 0.717) is 0 Å². The molecule has 0 aliphatic heterocycles. The van der Waals surface area contributed by atoms with Crippen molar-refractivity contribution in [1.82, 2.24) is 20.2 Å². The molecule has 2 aromatic heterocycles. The lowest BCUT2D eigenvalue weighted by atomic mass is 10.2. The van der Waals surface area contributed by atoms with Crippen LogP contribution in [0, 0.1) is 0 Å². The number of pyridine rings is 2. The number of rotatable bonds is 7. The van der Waals surface area contributed by atoms with E-state index in [0.717, 1.165) is 31.4 Å². The molecule has 1 aliphatic rings. The van der Waals surface area contributed by atoms with Gasteiger partial charge in [0.15, 0.2) is 0 Å². The van der Waals surface area contributed by atoms with Crippen molar-refractivity contribution in [2.24, 2.45) is 0 Å². The second kappa shape index (κ2) is 6.78. The van der Waals surface area contributed by atoms with Gasteiger partial charge in [-0.25, -0.2) is 0 Å². The van der Waals surface area contributed by atoms with Gasteiger partial charge < -0.3 is 5.32 Å². The summed E-state index contributed by atoms with van der Waals surface area (Å²) in [5.74, 6) is 0. The Morgan fingerprint density at radius 2 is 2.05 bits per heavy atom. The zero-order chi connectivity index (χ0) is 14.5. The van der Waals surface area contributed by atoms with Gasteiger partial charge in [-0.15, -0.1) is 0 Å². The largest absolute Gasteiger partial charge is 0.310 e. The predicted octanol–water partition coefficient (Wildman–Crippen LogP) is 2.36. The molecular formula is C17H22N4. The minimum atomic E-state index is 0.746. The molecule has 0 spiro atoms. The highest BCUT2D eigenvalue weighted by atomic mass is 15.1. The van der Waals surface area contributed by atoms with Crippen LogP contribution in [0.15, 0.2) is 42.9 Å². The van der Waals surface area contributed by atoms with Crippen LogP contribution in [-0.2, 0) is 19.6 Å². The Balaban J connectivity index is 1.49. The zero-order valence-electron chi connectivity index (χ0n) is 12.5. The van der Waals surface area contributed by atoms with E-state index in [4.69, 9.17) is 0 Å². The lowest BCUT2D eigenvalue weighted by molar-refractivity contribution is 0.314. The topological polar surface area (TPSA) is 41.1 Å². The Hall–Kier alpha value is -1.78. The van der Waals surface area contributed by atoms with Gasteiger partial charge in [-0.1, -0.05) is 12.1 Å². The maximum Gasteiger partial charge on any atom is 0.0544 e. The first-order valence-electron chi connectivity index (χ1n) is 7.54. The maximum absolute atomic E-state index is 4.56. The van der Waals surface area contributed by atoms with E-state index in [1.165, 1.54) is 24.0 Å². The van der Waals surface area contributed by atoms with E-state index in [9.17, 15) is 0 Å². The molecule has 2 heterocycles. The smallest absolute Gasteiger partial charge is 0.0544 e. The third kappa shape index (κ3) is 4.62. The highest BCUT2D eigenvalue weighted by molar-refractivity contribution is 5.15. The van der Waals surface area contributed by atoms with Crippen LogP contribution >= 0.6 is 0 Å². The summed E-state index contributed by atoms with van der Waals surface area (Å²) in [6.07, 6.45) is 8.36. The number of hydrogen-bond acceptors (Lipinski definition) is 4. The van der Waals surface area contributed by atoms with Crippen molar-refractivity contribution in [1.29, 1.82) is 0 Å². The molecule has 0 amide bonds. The van der Waals surface area contributed by atoms with Crippen molar-refractivity contribution in [2.45, 2.75) is 38.5 Å². The molecule has 1 N–H and O–H groups in total. The highest BCUT2D eigenvalue weighted by Gasteiger charge is 2.19. The SMILES string of the molecule is CN(Cc1cccnc1)Cc1ccc(CNC2CC2)cn1. The Kier molecular flexibility index (Phi) is 4.58. The third-order valence-electron chi connectivity index (χ3n) is 3.67. The van der Waals surface area contributed by atoms with Gasteiger partial charge in [0.2, 0.25) is 0 Å². The quantitative estimate of drug-likeness (QED) is 0.846. The van der Waals surface area contributed by atoms with E-state index in [-0.39, 0.29) is 0 Å². The van der Waals surface area contributed by atoms with Gasteiger partial charge >= 0.3 is 0 Å². The lowest BCUT2D eigenvalue weighted by Crippen LogP contribution is -2.18. The average Bonchev–Trinajstić information content (AvgIpc) is 3.32. The number of hydrogen-bond donors (Lipinski definition) is 1. The Labute approximate surface area is 126 Å². The van der Waals surface area contributed by atoms with Crippen molar-refractivity contribution in [2.75, 3.05) is 7.05 Å². The molecule has 4 nitrogen and oxygen atoms in total. The van der Waals surface area contributed by atoms with Crippen molar-refractivity contribution in [3.05, 3.63) is 59.7 Å². The summed E-state index contributed by atoms with van der Waals surface area (Å²) in [5.41, 5.74) is 3.60. The van der Waals surface area contributed by atoms with E-state index in [2.05, 4.69) is 45.4 Å². The van der Waals surface area contributed by atoms with Gasteiger partial charge in [-0.3, -0.25) is 14.9 Å². The van der Waals surface area contributed by atoms with Crippen molar-refractivity contribution < 1.29 is 0 Å². The molecule has 0 bridgehead atoms. The van der Waals surface area contributed by atoms with Crippen LogP contribution in [0.4, 0.5) is 0 Å². The van der Waals surface area contributed by atoms with E-state index in [1.807, 2.05) is 18.5 Å². The minimum absolute atomic E-state index is 0.746. The van der Waals surface area contributed by atoms with Gasteiger partial charge in [-0.2, -0.15) is 0 Å². The maximum atomic E-state index is 4.56. The van der Waals surface area contributed by atoms with Crippen LogP contribution < -0.4 is 5.32 Å². The Bertz CT molecular complexity index is 549. The summed E-state index contributed by atoms with van der Waals surface area (Å²) in [6.45, 7) is 2.68. The molecule has 0 aromatic carbocycles. The summed E-state index contributed by atoms with van der Waals surface area (Å²) >= 11 is 0. The standard InChI is InChI=1S/C17H22N4/c1-21(12-15-3-2-8-18-9-15)13-17-5-4-14(11-20-17)10-19-16-6-7-16/h2-5,8-9,11,16,19H,6-7,10,12-13H2,1H3. The molecule has 0 radical (unpaired) electrons. The van der Waals surface area contributed by atoms with Crippen LogP contribution in [0.2, 0.25) is 0 Å². The van der Waals surface area contributed by atoms with Crippen LogP contribution in [0.5, 0.6) is 0 Å². The molecule has 0 atom stereocenters. The lowest BCUT2D eigenvalue weighted by Gasteiger charge is -2.16. The van der Waals surface area contributed by atoms with Crippen molar-refractivity contribution in [3.63, 3.8) is 0 Å². The molecule has 110 valence electrons. The van der Waals surface area contributed by atoms with Crippen molar-refractivity contribution in [3.8, 4) is 0 Å². The first-order valence-corrected chi connectivity index (χ1v) is 7.54. The van der Waals surface area contributed by atoms with E-state index < -0.39 is 0 Å². The summed E-state index contributed by atoms with van der Waals surface area (Å²) in [6, 6.07) is 9.13. The molecule has 1 aliphatic carbocycles. The fourth-order valence-corrected chi connectivity index (χ4v) is 2.34. The van der Waals surface area contributed by atoms with Gasteiger partial charge in [0.25, 0.3) is 0 Å². The number of aromatic nitrogens is 2. The average molecular weight is 282 g/mol. The molecule has 21 heavy (non-hydrogen) atoms. The summed E-state index contributed by atoms with van der Waals surface area (Å²) in [5, 5.41) is 3.51. The normalized spacial score (nSPS) is 14.6. The first-order chi connectivity index (χ1) is 10.3. The molecule has 1 saturated carbocycles. The summed E-state index contributed by atoms with van der Waals surface area (Å²) in [7, 11) is 2.11. The fraction of sp³-hybridized carbons (Fsp3) is 0.412. The van der Waals surface area contributed by atoms with Gasteiger partial charge in [0.1, 0.15) is 0 Å². The second-order valence-electron chi connectivity index (χ2n) is 5.85. The molecule has 3 rings (SSSR count). The first kappa shape index (κ1) is 14.2. The molecular weight excluding hydrogens is 260 g/mol. The Morgan fingerprint density at radius 1 is 1.14 bits per heavy atom. The van der Waals surface area contributed by atoms with Crippen LogP contribution in [-0.4, -0.2) is 28.0 Å². The summed E-state index contributed by atoms with van der Waals surface area (Å²) in [4.78, 5) is 11.0. The monoisotopic (exact) mass is 282 g/mol. The third-order valence-corrected chi connectivity index (χ3v) is 3.67. The van der Waals surface area contributed by atoms with E-state index in [1.54, 1.807) is 6.20 Å². The molecule has 2 aromatic rings. The van der Waals surface area contributed by atoms with Crippen LogP contribution in [0.1, 0.15) is 29.7 Å². The second-order valence-corrected chi connectivity index (χ2v) is 5.85. The zero-order valence-corrected chi connectivity index (χ0v) is 12.5. The predicted molar refractivity (Wildman–Crippen MR) is 83.5 cm³/mol. The number of nitrogens with zero attached hydrogens (tertiary/aromatic N) is 3. The Morgan fingerprint density at radius 3 is 2.71 bits per heavy atom.